The van der Waals surface area contributed by atoms with Crippen molar-refractivity contribution in [1.29, 1.82) is 0 Å². The molecule has 1 unspecified atom stereocenters. The third kappa shape index (κ3) is 48.8. The fourth-order valence-electron chi connectivity index (χ4n) is 7.84. The topological polar surface area (TPSA) is 78.9 Å². The molecule has 0 spiro atoms. The van der Waals surface area contributed by atoms with Gasteiger partial charge in [-0.15, -0.1) is 0 Å². The summed E-state index contributed by atoms with van der Waals surface area (Å²) in [7, 11) is 0. The SMILES string of the molecule is CCCCCCCCC/C=C\CCCCCCCC(=O)OCC(COC(=O)CCCCCCCCCCCCCCC)OC(=O)CCCCC/C=C\CCCCCCCCC. The molecule has 0 aliphatic carbocycles. The fraction of sp³-hybridized carbons (Fsp3) is 0.873. The Hall–Kier alpha value is -2.11. The molecule has 61 heavy (non-hydrogen) atoms. The van der Waals surface area contributed by atoms with Gasteiger partial charge < -0.3 is 14.2 Å². The summed E-state index contributed by atoms with van der Waals surface area (Å²) in [4.78, 5) is 38.0. The van der Waals surface area contributed by atoms with E-state index in [1.54, 1.807) is 0 Å². The van der Waals surface area contributed by atoms with E-state index in [0.29, 0.717) is 19.3 Å². The van der Waals surface area contributed by atoms with Gasteiger partial charge in [0.15, 0.2) is 6.10 Å². The molecule has 6 heteroatoms. The molecule has 0 saturated heterocycles. The predicted molar refractivity (Wildman–Crippen MR) is 261 cm³/mol. The first-order valence-corrected chi connectivity index (χ1v) is 26.8. The molecular formula is C55H102O6. The molecule has 0 N–H and O–H groups in total. The Kier molecular flexibility index (Phi) is 48.8. The van der Waals surface area contributed by atoms with E-state index in [1.165, 1.54) is 173 Å². The van der Waals surface area contributed by atoms with Gasteiger partial charge in [-0.05, 0) is 70.6 Å². The lowest BCUT2D eigenvalue weighted by atomic mass is 10.0. The maximum absolute atomic E-state index is 12.8. The zero-order valence-corrected chi connectivity index (χ0v) is 40.9. The lowest BCUT2D eigenvalue weighted by Gasteiger charge is -2.18. The zero-order valence-electron chi connectivity index (χ0n) is 40.9. The number of esters is 3. The molecule has 0 aromatic carbocycles. The van der Waals surface area contributed by atoms with Gasteiger partial charge in [0.05, 0.1) is 0 Å². The van der Waals surface area contributed by atoms with E-state index in [4.69, 9.17) is 14.2 Å². The second-order valence-electron chi connectivity index (χ2n) is 18.1. The van der Waals surface area contributed by atoms with Crippen LogP contribution in [-0.2, 0) is 28.6 Å². The molecule has 0 aliphatic rings. The molecule has 0 radical (unpaired) electrons. The zero-order chi connectivity index (χ0) is 44.4. The van der Waals surface area contributed by atoms with E-state index < -0.39 is 6.10 Å². The molecule has 0 fully saturated rings. The first-order chi connectivity index (χ1) is 30.0. The summed E-state index contributed by atoms with van der Waals surface area (Å²) in [5.74, 6) is -0.887. The highest BCUT2D eigenvalue weighted by Gasteiger charge is 2.19. The molecule has 0 saturated carbocycles. The molecule has 6 nitrogen and oxygen atoms in total. The van der Waals surface area contributed by atoms with Crippen LogP contribution in [0, 0.1) is 0 Å². The highest BCUT2D eigenvalue weighted by atomic mass is 16.6. The number of ether oxygens (including phenoxy) is 3. The van der Waals surface area contributed by atoms with Crippen LogP contribution in [0.1, 0.15) is 290 Å². The number of allylic oxidation sites excluding steroid dienone is 4. The van der Waals surface area contributed by atoms with Gasteiger partial charge in [0, 0.05) is 19.3 Å². The lowest BCUT2D eigenvalue weighted by Crippen LogP contribution is -2.30. The van der Waals surface area contributed by atoms with Gasteiger partial charge in [0.2, 0.25) is 0 Å². The normalized spacial score (nSPS) is 12.1. The van der Waals surface area contributed by atoms with Crippen LogP contribution in [0.5, 0.6) is 0 Å². The van der Waals surface area contributed by atoms with Gasteiger partial charge in [-0.1, -0.05) is 225 Å². The smallest absolute Gasteiger partial charge is 0.306 e. The monoisotopic (exact) mass is 859 g/mol. The second kappa shape index (κ2) is 50.5. The van der Waals surface area contributed by atoms with Crippen LogP contribution in [0.4, 0.5) is 0 Å². The van der Waals surface area contributed by atoms with Crippen LogP contribution < -0.4 is 0 Å². The van der Waals surface area contributed by atoms with Crippen LogP contribution >= 0.6 is 0 Å². The van der Waals surface area contributed by atoms with Crippen molar-refractivity contribution in [3.63, 3.8) is 0 Å². The Bertz CT molecular complexity index is 989. The van der Waals surface area contributed by atoms with Crippen molar-refractivity contribution in [2.24, 2.45) is 0 Å². The number of unbranched alkanes of at least 4 members (excludes halogenated alkanes) is 34. The number of rotatable bonds is 49. The van der Waals surface area contributed by atoms with Gasteiger partial charge in [-0.2, -0.15) is 0 Å². The minimum Gasteiger partial charge on any atom is -0.462 e. The third-order valence-electron chi connectivity index (χ3n) is 11.9. The molecule has 0 heterocycles. The van der Waals surface area contributed by atoms with Crippen molar-refractivity contribution >= 4 is 17.9 Å². The molecule has 358 valence electrons. The van der Waals surface area contributed by atoms with Gasteiger partial charge in [-0.25, -0.2) is 0 Å². The third-order valence-corrected chi connectivity index (χ3v) is 11.9. The van der Waals surface area contributed by atoms with E-state index in [0.717, 1.165) is 77.0 Å². The average Bonchev–Trinajstić information content (AvgIpc) is 3.26. The molecule has 0 amide bonds. The van der Waals surface area contributed by atoms with Crippen LogP contribution in [-0.4, -0.2) is 37.2 Å². The summed E-state index contributed by atoms with van der Waals surface area (Å²) in [5.41, 5.74) is 0. The van der Waals surface area contributed by atoms with E-state index >= 15 is 0 Å². The Morgan fingerprint density at radius 2 is 0.541 bits per heavy atom. The summed E-state index contributed by atoms with van der Waals surface area (Å²) < 4.78 is 16.8. The van der Waals surface area contributed by atoms with Crippen molar-refractivity contribution < 1.29 is 28.6 Å². The number of hydrogen-bond donors (Lipinski definition) is 0. The highest BCUT2D eigenvalue weighted by molar-refractivity contribution is 5.71. The maximum atomic E-state index is 12.8. The molecule has 0 bridgehead atoms. The van der Waals surface area contributed by atoms with E-state index in [9.17, 15) is 14.4 Å². The van der Waals surface area contributed by atoms with Gasteiger partial charge in [0.1, 0.15) is 13.2 Å². The van der Waals surface area contributed by atoms with Crippen molar-refractivity contribution in [2.45, 2.75) is 297 Å². The lowest BCUT2D eigenvalue weighted by molar-refractivity contribution is -0.167. The summed E-state index contributed by atoms with van der Waals surface area (Å²) >= 11 is 0. The van der Waals surface area contributed by atoms with Crippen LogP contribution in [0.2, 0.25) is 0 Å². The molecule has 0 aliphatic heterocycles. The maximum Gasteiger partial charge on any atom is 0.306 e. The molecule has 1 atom stereocenters. The number of carbonyl (C=O) groups is 3. The summed E-state index contributed by atoms with van der Waals surface area (Å²) in [6.07, 6.45) is 57.3. The first-order valence-electron chi connectivity index (χ1n) is 26.8. The number of hydrogen-bond acceptors (Lipinski definition) is 6. The van der Waals surface area contributed by atoms with Crippen LogP contribution in [0.25, 0.3) is 0 Å². The summed E-state index contributed by atoms with van der Waals surface area (Å²) in [6, 6.07) is 0. The largest absolute Gasteiger partial charge is 0.462 e. The Morgan fingerprint density at radius 3 is 0.836 bits per heavy atom. The minimum atomic E-state index is -0.777. The van der Waals surface area contributed by atoms with Gasteiger partial charge in [-0.3, -0.25) is 14.4 Å². The van der Waals surface area contributed by atoms with Crippen molar-refractivity contribution in [2.75, 3.05) is 13.2 Å². The summed E-state index contributed by atoms with van der Waals surface area (Å²) in [5, 5.41) is 0. The second-order valence-corrected chi connectivity index (χ2v) is 18.1. The van der Waals surface area contributed by atoms with Crippen molar-refractivity contribution in [3.05, 3.63) is 24.3 Å². The minimum absolute atomic E-state index is 0.0761. The van der Waals surface area contributed by atoms with Crippen molar-refractivity contribution in [3.8, 4) is 0 Å². The predicted octanol–water partition coefficient (Wildman–Crippen LogP) is 17.5. The van der Waals surface area contributed by atoms with Gasteiger partial charge in [0.25, 0.3) is 0 Å². The Labute approximate surface area is 379 Å². The van der Waals surface area contributed by atoms with Crippen LogP contribution in [0.3, 0.4) is 0 Å². The summed E-state index contributed by atoms with van der Waals surface area (Å²) in [6.45, 7) is 6.64. The standard InChI is InChI=1S/C55H102O6/c1-4-7-10-13-16-19-22-25-27-28-31-33-36-39-42-45-48-54(57)60-51-52(50-59-53(56)47-44-41-38-35-32-29-24-21-18-15-12-9-6-3)61-55(58)49-46-43-40-37-34-30-26-23-20-17-14-11-8-5-2/h27-28,30,34,52H,4-26,29,31-33,35-51H2,1-3H3/b28-27-,34-30-. The molecular weight excluding hydrogens is 757 g/mol. The molecule has 0 aromatic rings. The Balaban J connectivity index is 4.37. The Morgan fingerprint density at radius 1 is 0.311 bits per heavy atom. The van der Waals surface area contributed by atoms with Crippen LogP contribution in [0.15, 0.2) is 24.3 Å². The quantitative estimate of drug-likeness (QED) is 0.0262. The fourth-order valence-corrected chi connectivity index (χ4v) is 7.84. The van der Waals surface area contributed by atoms with Crippen molar-refractivity contribution in [1.82, 2.24) is 0 Å². The highest BCUT2D eigenvalue weighted by Crippen LogP contribution is 2.15. The van der Waals surface area contributed by atoms with E-state index in [2.05, 4.69) is 45.1 Å². The number of carbonyl (C=O) groups excluding carboxylic acids is 3. The van der Waals surface area contributed by atoms with E-state index in [-0.39, 0.29) is 31.1 Å². The first kappa shape index (κ1) is 58.9. The average molecular weight is 859 g/mol. The molecule has 0 aromatic heterocycles. The van der Waals surface area contributed by atoms with E-state index in [1.807, 2.05) is 0 Å². The van der Waals surface area contributed by atoms with Gasteiger partial charge >= 0.3 is 17.9 Å². The molecule has 0 rings (SSSR count).